The smallest absolute Gasteiger partial charge is 0.267 e. The van der Waals surface area contributed by atoms with Gasteiger partial charge in [-0.25, -0.2) is 4.98 Å². The highest BCUT2D eigenvalue weighted by Crippen LogP contribution is 2.31. The SMILES string of the molecule is O=C([C@@H]1COc2ccccc2O1)N1CC[NH+](Cc2nc3ccccc3s2)CC1. The number of quaternary nitrogens is 1. The van der Waals surface area contributed by atoms with E-state index in [9.17, 15) is 4.79 Å². The molecule has 2 aliphatic heterocycles. The van der Waals surface area contributed by atoms with Crippen LogP contribution < -0.4 is 14.4 Å². The van der Waals surface area contributed by atoms with Crippen molar-refractivity contribution in [3.05, 3.63) is 53.5 Å². The summed E-state index contributed by atoms with van der Waals surface area (Å²) in [5.41, 5.74) is 1.07. The standard InChI is InChI=1S/C21H21N3O3S/c25-21(18-14-26-16-6-2-3-7-17(16)27-18)24-11-9-23(10-12-24)13-20-22-15-5-1-4-8-19(15)28-20/h1-8,18H,9-14H2/p+1/t18-/m0/s1. The number of amides is 1. The van der Waals surface area contributed by atoms with E-state index in [1.54, 1.807) is 11.3 Å². The van der Waals surface area contributed by atoms with Gasteiger partial charge in [-0.3, -0.25) is 4.79 Å². The quantitative estimate of drug-likeness (QED) is 0.727. The first-order chi connectivity index (χ1) is 13.8. The fourth-order valence-corrected chi connectivity index (χ4v) is 4.81. The number of carbonyl (C=O) groups is 1. The summed E-state index contributed by atoms with van der Waals surface area (Å²) in [7, 11) is 0. The highest BCUT2D eigenvalue weighted by molar-refractivity contribution is 7.18. The summed E-state index contributed by atoms with van der Waals surface area (Å²) in [6.45, 7) is 4.51. The number of thiazole rings is 1. The van der Waals surface area contributed by atoms with Gasteiger partial charge in [0.05, 0.1) is 36.4 Å². The predicted octanol–water partition coefficient (Wildman–Crippen LogP) is 1.36. The molecule has 2 aromatic carbocycles. The second-order valence-corrected chi connectivity index (χ2v) is 8.31. The third-order valence-electron chi connectivity index (χ3n) is 5.31. The summed E-state index contributed by atoms with van der Waals surface area (Å²) >= 11 is 1.77. The lowest BCUT2D eigenvalue weighted by molar-refractivity contribution is -0.917. The first-order valence-electron chi connectivity index (χ1n) is 9.61. The molecule has 0 aliphatic carbocycles. The van der Waals surface area contributed by atoms with Crippen LogP contribution >= 0.6 is 11.3 Å². The van der Waals surface area contributed by atoms with Gasteiger partial charge in [0.1, 0.15) is 18.2 Å². The maximum absolute atomic E-state index is 12.8. The van der Waals surface area contributed by atoms with Gasteiger partial charge < -0.3 is 19.3 Å². The normalized spacial score (nSPS) is 19.7. The van der Waals surface area contributed by atoms with Crippen molar-refractivity contribution in [2.24, 2.45) is 0 Å². The van der Waals surface area contributed by atoms with Crippen LogP contribution in [0.15, 0.2) is 48.5 Å². The van der Waals surface area contributed by atoms with E-state index in [2.05, 4.69) is 18.2 Å². The first kappa shape index (κ1) is 17.5. The van der Waals surface area contributed by atoms with Crippen LogP contribution in [-0.4, -0.2) is 54.7 Å². The van der Waals surface area contributed by atoms with Crippen LogP contribution in [-0.2, 0) is 11.3 Å². The zero-order valence-electron chi connectivity index (χ0n) is 15.5. The Labute approximate surface area is 167 Å². The Kier molecular flexibility index (Phi) is 4.62. The molecule has 0 unspecified atom stereocenters. The average molecular weight is 396 g/mol. The molecule has 6 nitrogen and oxygen atoms in total. The molecule has 1 N–H and O–H groups in total. The Morgan fingerprint density at radius 1 is 1.11 bits per heavy atom. The lowest BCUT2D eigenvalue weighted by Gasteiger charge is -2.35. The maximum atomic E-state index is 12.8. The number of hydrogen-bond acceptors (Lipinski definition) is 5. The summed E-state index contributed by atoms with van der Waals surface area (Å²) in [6, 6.07) is 15.8. The Morgan fingerprint density at radius 2 is 1.86 bits per heavy atom. The van der Waals surface area contributed by atoms with Crippen molar-refractivity contribution in [3.8, 4) is 11.5 Å². The summed E-state index contributed by atoms with van der Waals surface area (Å²) in [6.07, 6.45) is -0.555. The monoisotopic (exact) mass is 396 g/mol. The van der Waals surface area contributed by atoms with Gasteiger partial charge in [0.15, 0.2) is 11.5 Å². The largest absolute Gasteiger partial charge is 0.485 e. The zero-order valence-corrected chi connectivity index (χ0v) is 16.3. The average Bonchev–Trinajstić information content (AvgIpc) is 3.16. The molecule has 0 radical (unpaired) electrons. The molecule has 3 aromatic rings. The van der Waals surface area contributed by atoms with Gasteiger partial charge in [0.2, 0.25) is 6.10 Å². The number of para-hydroxylation sites is 3. The number of fused-ring (bicyclic) bond motifs is 2. The molecule has 0 spiro atoms. The fourth-order valence-electron chi connectivity index (χ4n) is 3.77. The molecule has 144 valence electrons. The topological polar surface area (TPSA) is 56.1 Å². The van der Waals surface area contributed by atoms with E-state index < -0.39 is 6.10 Å². The van der Waals surface area contributed by atoms with Crippen molar-refractivity contribution in [2.45, 2.75) is 12.6 Å². The van der Waals surface area contributed by atoms with E-state index in [-0.39, 0.29) is 12.5 Å². The summed E-state index contributed by atoms with van der Waals surface area (Å²) in [5.74, 6) is 1.37. The molecule has 7 heteroatoms. The Hall–Kier alpha value is -2.64. The van der Waals surface area contributed by atoms with E-state index in [1.807, 2.05) is 35.2 Å². The molecular formula is C21H22N3O3S+. The minimum atomic E-state index is -0.555. The van der Waals surface area contributed by atoms with Crippen LogP contribution in [0.4, 0.5) is 0 Å². The van der Waals surface area contributed by atoms with Crippen molar-refractivity contribution in [1.29, 1.82) is 0 Å². The highest BCUT2D eigenvalue weighted by Gasteiger charge is 2.33. The fraction of sp³-hybridized carbons (Fsp3) is 0.333. The van der Waals surface area contributed by atoms with Crippen LogP contribution in [0.5, 0.6) is 11.5 Å². The number of nitrogens with one attached hydrogen (secondary N) is 1. The van der Waals surface area contributed by atoms with Crippen LogP contribution in [0, 0.1) is 0 Å². The lowest BCUT2D eigenvalue weighted by Crippen LogP contribution is -3.13. The summed E-state index contributed by atoms with van der Waals surface area (Å²) < 4.78 is 12.8. The number of carbonyl (C=O) groups excluding carboxylic acids is 1. The van der Waals surface area contributed by atoms with Gasteiger partial charge in [-0.2, -0.15) is 0 Å². The van der Waals surface area contributed by atoms with Gasteiger partial charge in [-0.1, -0.05) is 24.3 Å². The van der Waals surface area contributed by atoms with Crippen LogP contribution in [0.3, 0.4) is 0 Å². The van der Waals surface area contributed by atoms with Crippen LogP contribution in [0.2, 0.25) is 0 Å². The number of piperazine rings is 1. The molecule has 2 aliphatic rings. The van der Waals surface area contributed by atoms with Crippen molar-refractivity contribution in [2.75, 3.05) is 32.8 Å². The van der Waals surface area contributed by atoms with Crippen molar-refractivity contribution in [1.82, 2.24) is 9.88 Å². The predicted molar refractivity (Wildman–Crippen MR) is 107 cm³/mol. The molecule has 3 heterocycles. The third kappa shape index (κ3) is 3.43. The second kappa shape index (κ2) is 7.41. The van der Waals surface area contributed by atoms with Crippen molar-refractivity contribution in [3.63, 3.8) is 0 Å². The van der Waals surface area contributed by atoms with E-state index >= 15 is 0 Å². The molecule has 1 amide bonds. The first-order valence-corrected chi connectivity index (χ1v) is 10.4. The highest BCUT2D eigenvalue weighted by atomic mass is 32.1. The molecule has 0 saturated carbocycles. The third-order valence-corrected chi connectivity index (χ3v) is 6.34. The second-order valence-electron chi connectivity index (χ2n) is 7.19. The number of nitrogens with zero attached hydrogens (tertiary/aromatic N) is 2. The minimum absolute atomic E-state index is 0.0218. The van der Waals surface area contributed by atoms with E-state index in [0.717, 1.165) is 43.2 Å². The number of benzene rings is 2. The number of aromatic nitrogens is 1. The van der Waals surface area contributed by atoms with Gasteiger partial charge in [-0.05, 0) is 24.3 Å². The minimum Gasteiger partial charge on any atom is -0.485 e. The van der Waals surface area contributed by atoms with Crippen LogP contribution in [0.25, 0.3) is 10.2 Å². The number of ether oxygens (including phenoxy) is 2. The Balaban J connectivity index is 1.17. The Bertz CT molecular complexity index is 964. The van der Waals surface area contributed by atoms with Gasteiger partial charge in [-0.15, -0.1) is 11.3 Å². The molecule has 1 saturated heterocycles. The number of hydrogen-bond donors (Lipinski definition) is 1. The zero-order chi connectivity index (χ0) is 18.9. The van der Waals surface area contributed by atoms with Crippen molar-refractivity contribution >= 4 is 27.5 Å². The van der Waals surface area contributed by atoms with Crippen molar-refractivity contribution < 1.29 is 19.2 Å². The molecular weight excluding hydrogens is 374 g/mol. The van der Waals surface area contributed by atoms with E-state index in [1.165, 1.54) is 9.60 Å². The molecule has 1 atom stereocenters. The maximum Gasteiger partial charge on any atom is 0.267 e. The lowest BCUT2D eigenvalue weighted by atomic mass is 10.2. The van der Waals surface area contributed by atoms with Crippen LogP contribution in [0.1, 0.15) is 5.01 Å². The van der Waals surface area contributed by atoms with Gasteiger partial charge in [0.25, 0.3) is 5.91 Å². The molecule has 0 bridgehead atoms. The molecule has 1 fully saturated rings. The molecule has 28 heavy (non-hydrogen) atoms. The van der Waals surface area contributed by atoms with Gasteiger partial charge in [0, 0.05) is 0 Å². The molecule has 1 aromatic heterocycles. The van der Waals surface area contributed by atoms with E-state index in [0.29, 0.717) is 11.5 Å². The van der Waals surface area contributed by atoms with Gasteiger partial charge >= 0.3 is 0 Å². The summed E-state index contributed by atoms with van der Waals surface area (Å²) in [5, 5.41) is 1.16. The molecule has 5 rings (SSSR count). The summed E-state index contributed by atoms with van der Waals surface area (Å²) in [4.78, 5) is 21.0. The van der Waals surface area contributed by atoms with E-state index in [4.69, 9.17) is 14.5 Å². The number of rotatable bonds is 3. The Morgan fingerprint density at radius 3 is 2.68 bits per heavy atom.